The molecule has 0 bridgehead atoms. The van der Waals surface area contributed by atoms with E-state index in [4.69, 9.17) is 9.15 Å². The van der Waals surface area contributed by atoms with Gasteiger partial charge in [0.15, 0.2) is 11.5 Å². The molecule has 0 spiro atoms. The fourth-order valence-electron chi connectivity index (χ4n) is 4.08. The van der Waals surface area contributed by atoms with E-state index in [9.17, 15) is 19.1 Å². The average molecular weight is 522 g/mol. The van der Waals surface area contributed by atoms with E-state index in [1.165, 1.54) is 36.3 Å². The molecular weight excluding hydrogens is 505 g/mol. The molecule has 1 aliphatic rings. The number of Topliss-reactive ketones (excluding diaryl/α,β-unsaturated/α-hetero) is 1. The van der Waals surface area contributed by atoms with Gasteiger partial charge in [-0.3, -0.25) is 14.5 Å². The molecule has 3 aromatic carbocycles. The van der Waals surface area contributed by atoms with Gasteiger partial charge in [0.25, 0.3) is 5.91 Å². The van der Waals surface area contributed by atoms with Crippen LogP contribution in [-0.2, 0) is 4.79 Å². The number of hydrogen-bond donors (Lipinski definition) is 1. The zero-order chi connectivity index (χ0) is 24.0. The van der Waals surface area contributed by atoms with Gasteiger partial charge >= 0.3 is 0 Å². The molecule has 5 rings (SSSR count). The molecule has 1 amide bonds. The molecule has 0 radical (unpaired) electrons. The normalized spacial score (nSPS) is 15.9. The summed E-state index contributed by atoms with van der Waals surface area (Å²) in [6, 6.07) is 17.9. The first-order valence-corrected chi connectivity index (χ1v) is 11.1. The van der Waals surface area contributed by atoms with Gasteiger partial charge in [-0.1, -0.05) is 34.1 Å². The summed E-state index contributed by atoms with van der Waals surface area (Å²) in [6.07, 6.45) is 0. The Kier molecular flexibility index (Phi) is 5.45. The summed E-state index contributed by atoms with van der Waals surface area (Å²) < 4.78 is 25.5. The number of carbonyl (C=O) groups is 2. The van der Waals surface area contributed by atoms with Gasteiger partial charge in [0.1, 0.15) is 17.1 Å². The van der Waals surface area contributed by atoms with E-state index < -0.39 is 29.3 Å². The van der Waals surface area contributed by atoms with Crippen molar-refractivity contribution in [2.24, 2.45) is 0 Å². The first-order valence-electron chi connectivity index (χ1n) is 10.3. The molecular formula is C26H17BrFNO5. The third-order valence-corrected chi connectivity index (χ3v) is 6.17. The number of rotatable bonds is 5. The lowest BCUT2D eigenvalue weighted by molar-refractivity contribution is -0.117. The van der Waals surface area contributed by atoms with Gasteiger partial charge in [0, 0.05) is 21.6 Å². The number of aliphatic hydroxyl groups is 1. The Labute approximate surface area is 202 Å². The van der Waals surface area contributed by atoms with Crippen LogP contribution in [0.2, 0.25) is 0 Å². The predicted molar refractivity (Wildman–Crippen MR) is 128 cm³/mol. The maximum absolute atomic E-state index is 13.7. The second kappa shape index (κ2) is 8.46. The molecule has 0 saturated carbocycles. The third-order valence-electron chi connectivity index (χ3n) is 5.67. The van der Waals surface area contributed by atoms with Gasteiger partial charge in [0.05, 0.1) is 18.7 Å². The lowest BCUT2D eigenvalue weighted by Crippen LogP contribution is -2.31. The Hall–Kier alpha value is -3.91. The summed E-state index contributed by atoms with van der Waals surface area (Å²) in [6.45, 7) is 0. The minimum Gasteiger partial charge on any atom is -0.503 e. The molecule has 0 fully saturated rings. The van der Waals surface area contributed by atoms with E-state index in [-0.39, 0.29) is 11.3 Å². The summed E-state index contributed by atoms with van der Waals surface area (Å²) in [5.74, 6) is -2.09. The summed E-state index contributed by atoms with van der Waals surface area (Å²) in [4.78, 5) is 28.1. The highest BCUT2D eigenvalue weighted by Crippen LogP contribution is 2.43. The molecule has 0 aliphatic carbocycles. The maximum Gasteiger partial charge on any atom is 0.294 e. The standard InChI is InChI=1S/C26H17BrFNO5/c1-33-19-4-2-3-18(13-19)29-23(14-5-8-17(28)9-6-14)22(25(31)26(29)32)24(30)21-12-15-11-16(27)7-10-20(15)34-21/h2-13,23,31H,1H3. The minimum absolute atomic E-state index is 0.0259. The molecule has 0 saturated heterocycles. The molecule has 34 heavy (non-hydrogen) atoms. The lowest BCUT2D eigenvalue weighted by Gasteiger charge is -2.27. The number of fused-ring (bicyclic) bond motifs is 1. The van der Waals surface area contributed by atoms with Crippen LogP contribution < -0.4 is 9.64 Å². The highest BCUT2D eigenvalue weighted by molar-refractivity contribution is 9.10. The molecule has 1 atom stereocenters. The van der Waals surface area contributed by atoms with Gasteiger partial charge in [-0.25, -0.2) is 4.39 Å². The average Bonchev–Trinajstić information content (AvgIpc) is 3.37. The SMILES string of the molecule is COc1cccc(N2C(=O)C(O)=C(C(=O)c3cc4cc(Br)ccc4o3)C2c2ccc(F)cc2)c1. The van der Waals surface area contributed by atoms with E-state index >= 15 is 0 Å². The molecule has 1 unspecified atom stereocenters. The number of ether oxygens (including phenoxy) is 1. The van der Waals surface area contributed by atoms with Crippen molar-refractivity contribution in [2.45, 2.75) is 6.04 Å². The van der Waals surface area contributed by atoms with Crippen molar-refractivity contribution in [3.8, 4) is 5.75 Å². The topological polar surface area (TPSA) is 80.0 Å². The second-order valence-electron chi connectivity index (χ2n) is 7.71. The number of carbonyl (C=O) groups excluding carboxylic acids is 2. The summed E-state index contributed by atoms with van der Waals surface area (Å²) in [5.41, 5.74) is 1.18. The van der Waals surface area contributed by atoms with Gasteiger partial charge in [0.2, 0.25) is 5.78 Å². The van der Waals surface area contributed by atoms with E-state index in [0.29, 0.717) is 28.0 Å². The van der Waals surface area contributed by atoms with Crippen molar-refractivity contribution in [1.82, 2.24) is 0 Å². The number of ketones is 1. The minimum atomic E-state index is -1.01. The monoisotopic (exact) mass is 521 g/mol. The molecule has 1 aromatic heterocycles. The number of benzene rings is 3. The first kappa shape index (κ1) is 21.9. The summed E-state index contributed by atoms with van der Waals surface area (Å²) >= 11 is 3.39. The van der Waals surface area contributed by atoms with Crippen molar-refractivity contribution < 1.29 is 28.2 Å². The maximum atomic E-state index is 13.7. The number of anilines is 1. The van der Waals surface area contributed by atoms with Gasteiger partial charge in [-0.05, 0) is 54.1 Å². The van der Waals surface area contributed by atoms with Crippen molar-refractivity contribution in [3.63, 3.8) is 0 Å². The predicted octanol–water partition coefficient (Wildman–Crippen LogP) is 6.13. The summed E-state index contributed by atoms with van der Waals surface area (Å²) in [7, 11) is 1.49. The second-order valence-corrected chi connectivity index (χ2v) is 8.63. The van der Waals surface area contributed by atoms with Gasteiger partial charge in [-0.15, -0.1) is 0 Å². The van der Waals surface area contributed by atoms with Crippen LogP contribution in [-0.4, -0.2) is 23.9 Å². The van der Waals surface area contributed by atoms with Crippen molar-refractivity contribution >= 4 is 44.3 Å². The van der Waals surface area contributed by atoms with Gasteiger partial charge in [-0.2, -0.15) is 0 Å². The molecule has 170 valence electrons. The number of methoxy groups -OCH3 is 1. The molecule has 1 aliphatic heterocycles. The molecule has 6 nitrogen and oxygen atoms in total. The van der Waals surface area contributed by atoms with Crippen LogP contribution in [0.1, 0.15) is 22.2 Å². The Bertz CT molecular complexity index is 1470. The zero-order valence-corrected chi connectivity index (χ0v) is 19.4. The van der Waals surface area contributed by atoms with Crippen LogP contribution in [0.25, 0.3) is 11.0 Å². The number of halogens is 2. The van der Waals surface area contributed by atoms with E-state index in [2.05, 4.69) is 15.9 Å². The van der Waals surface area contributed by atoms with Crippen LogP contribution in [0.5, 0.6) is 5.75 Å². The van der Waals surface area contributed by atoms with Crippen LogP contribution in [0.3, 0.4) is 0 Å². The van der Waals surface area contributed by atoms with E-state index in [1.54, 1.807) is 48.5 Å². The largest absolute Gasteiger partial charge is 0.503 e. The zero-order valence-electron chi connectivity index (χ0n) is 17.8. The van der Waals surface area contributed by atoms with Gasteiger partial charge < -0.3 is 14.3 Å². The summed E-state index contributed by atoms with van der Waals surface area (Å²) in [5, 5.41) is 11.6. The Balaban J connectivity index is 1.66. The number of amides is 1. The molecule has 1 N–H and O–H groups in total. The van der Waals surface area contributed by atoms with Crippen LogP contribution in [0.4, 0.5) is 10.1 Å². The number of hydrogen-bond acceptors (Lipinski definition) is 5. The van der Waals surface area contributed by atoms with Crippen LogP contribution in [0, 0.1) is 5.82 Å². The fraction of sp³-hybridized carbons (Fsp3) is 0.0769. The van der Waals surface area contributed by atoms with Crippen LogP contribution >= 0.6 is 15.9 Å². The fourth-order valence-corrected chi connectivity index (χ4v) is 4.46. The first-order chi connectivity index (χ1) is 16.4. The Morgan fingerprint density at radius 3 is 2.59 bits per heavy atom. The van der Waals surface area contributed by atoms with Crippen molar-refractivity contribution in [3.05, 3.63) is 106 Å². The third kappa shape index (κ3) is 3.66. The Morgan fingerprint density at radius 2 is 1.85 bits per heavy atom. The van der Waals surface area contributed by atoms with E-state index in [0.717, 1.165) is 4.47 Å². The Morgan fingerprint density at radius 1 is 1.09 bits per heavy atom. The quantitative estimate of drug-likeness (QED) is 0.319. The lowest BCUT2D eigenvalue weighted by atomic mass is 9.94. The highest BCUT2D eigenvalue weighted by atomic mass is 79.9. The molecule has 2 heterocycles. The molecule has 4 aromatic rings. The van der Waals surface area contributed by atoms with Crippen molar-refractivity contribution in [1.29, 1.82) is 0 Å². The number of furan rings is 1. The van der Waals surface area contributed by atoms with Crippen molar-refractivity contribution in [2.75, 3.05) is 12.0 Å². The smallest absolute Gasteiger partial charge is 0.294 e. The number of aliphatic hydroxyl groups excluding tert-OH is 1. The highest BCUT2D eigenvalue weighted by Gasteiger charge is 2.45. The van der Waals surface area contributed by atoms with Crippen LogP contribution in [0.15, 0.2) is 93.0 Å². The number of nitrogens with zero attached hydrogens (tertiary/aromatic N) is 1. The molecule has 8 heteroatoms. The van der Waals surface area contributed by atoms with E-state index in [1.807, 2.05) is 0 Å².